The number of rotatable bonds is 5. The summed E-state index contributed by atoms with van der Waals surface area (Å²) in [6.07, 6.45) is 2.52. The van der Waals surface area contributed by atoms with Crippen molar-refractivity contribution in [1.29, 1.82) is 0 Å². The summed E-state index contributed by atoms with van der Waals surface area (Å²) in [5.41, 5.74) is 3.47. The third kappa shape index (κ3) is 5.52. The second-order valence-electron chi connectivity index (χ2n) is 9.93. The maximum atomic E-state index is 13.3. The van der Waals surface area contributed by atoms with E-state index in [1.54, 1.807) is 0 Å². The van der Waals surface area contributed by atoms with Crippen molar-refractivity contribution in [3.05, 3.63) is 65.4 Å². The second kappa shape index (κ2) is 9.39. The third-order valence-corrected chi connectivity index (χ3v) is 7.42. The van der Waals surface area contributed by atoms with Crippen LogP contribution >= 0.6 is 0 Å². The van der Waals surface area contributed by atoms with Gasteiger partial charge in [0.1, 0.15) is 0 Å². The van der Waals surface area contributed by atoms with E-state index in [0.717, 1.165) is 36.0 Å². The van der Waals surface area contributed by atoms with Gasteiger partial charge in [0.25, 0.3) is 5.91 Å². The van der Waals surface area contributed by atoms with E-state index in [1.807, 2.05) is 24.3 Å². The number of hydrogen-bond donors (Lipinski definition) is 2. The summed E-state index contributed by atoms with van der Waals surface area (Å²) in [5, 5.41) is 8.39. The Labute approximate surface area is 204 Å². The van der Waals surface area contributed by atoms with Crippen LogP contribution in [0.15, 0.2) is 53.4 Å². The minimum atomic E-state index is -3.83. The number of hydrogen-bond acceptors (Lipinski definition) is 6. The van der Waals surface area contributed by atoms with Crippen LogP contribution in [0.4, 0.5) is 5.69 Å². The van der Waals surface area contributed by atoms with E-state index in [1.165, 1.54) is 24.3 Å². The number of aromatic nitrogens is 1. The summed E-state index contributed by atoms with van der Waals surface area (Å²) in [6.45, 7) is 6.13. The zero-order valence-electron chi connectivity index (χ0n) is 20.0. The summed E-state index contributed by atoms with van der Waals surface area (Å²) in [5.74, 6) is -0.705. The molecule has 1 unspecified atom stereocenters. The average Bonchev–Trinajstić information content (AvgIpc) is 2.79. The number of pyridine rings is 1. The lowest BCUT2D eigenvalue weighted by Crippen LogP contribution is -2.29. The van der Waals surface area contributed by atoms with Crippen LogP contribution in [0.3, 0.4) is 0 Å². The van der Waals surface area contributed by atoms with Crippen LogP contribution in [0.25, 0.3) is 10.9 Å². The first-order valence-corrected chi connectivity index (χ1v) is 13.0. The lowest BCUT2D eigenvalue weighted by molar-refractivity contribution is -0.119. The first-order valence-electron chi connectivity index (χ1n) is 11.4. The maximum absolute atomic E-state index is 13.3. The first kappa shape index (κ1) is 24.8. The van der Waals surface area contributed by atoms with Gasteiger partial charge < -0.3 is 10.1 Å². The molecule has 9 heteroatoms. The molecule has 0 saturated heterocycles. The Morgan fingerprint density at radius 3 is 2.46 bits per heavy atom. The molecular weight excluding hydrogens is 466 g/mol. The van der Waals surface area contributed by atoms with Gasteiger partial charge in [-0.3, -0.25) is 9.78 Å². The third-order valence-electron chi connectivity index (χ3n) is 6.49. The van der Waals surface area contributed by atoms with Gasteiger partial charge in [-0.05, 0) is 66.5 Å². The number of nitrogens with one attached hydrogen (secondary N) is 1. The fraction of sp³-hybridized carbons (Fsp3) is 0.346. The normalized spacial score (nSPS) is 15.9. The second-order valence-corrected chi connectivity index (χ2v) is 11.5. The number of sulfonamides is 1. The van der Waals surface area contributed by atoms with Gasteiger partial charge >= 0.3 is 5.97 Å². The van der Waals surface area contributed by atoms with E-state index in [9.17, 15) is 18.0 Å². The predicted molar refractivity (Wildman–Crippen MR) is 133 cm³/mol. The number of ether oxygens (including phenoxy) is 1. The van der Waals surface area contributed by atoms with Crippen LogP contribution in [0, 0.1) is 11.3 Å². The molecule has 1 aliphatic carbocycles. The lowest BCUT2D eigenvalue weighted by atomic mass is 9.70. The van der Waals surface area contributed by atoms with Crippen LogP contribution in [-0.2, 0) is 32.4 Å². The zero-order valence-corrected chi connectivity index (χ0v) is 20.8. The average molecular weight is 496 g/mol. The van der Waals surface area contributed by atoms with Crippen molar-refractivity contribution in [3.8, 4) is 0 Å². The van der Waals surface area contributed by atoms with Gasteiger partial charge in [0, 0.05) is 16.8 Å². The molecule has 4 rings (SSSR count). The summed E-state index contributed by atoms with van der Waals surface area (Å²) in [7, 11) is -3.83. The molecule has 0 aliphatic heterocycles. The molecule has 0 spiro atoms. The fourth-order valence-electron chi connectivity index (χ4n) is 4.49. The molecule has 1 aliphatic rings. The molecule has 35 heavy (non-hydrogen) atoms. The number of carbonyl (C=O) groups excluding carboxylic acids is 2. The number of para-hydroxylation sites is 1. The molecular formula is C26H29N3O5S. The van der Waals surface area contributed by atoms with E-state index >= 15 is 0 Å². The smallest absolute Gasteiger partial charge is 0.339 e. The molecule has 1 heterocycles. The number of nitrogens with zero attached hydrogens (tertiary/aromatic N) is 1. The van der Waals surface area contributed by atoms with Crippen LogP contribution in [0.2, 0.25) is 0 Å². The van der Waals surface area contributed by atoms with E-state index in [-0.39, 0.29) is 10.3 Å². The van der Waals surface area contributed by atoms with Crippen molar-refractivity contribution >= 4 is 38.5 Å². The first-order chi connectivity index (χ1) is 16.4. The fourth-order valence-corrected chi connectivity index (χ4v) is 5.00. The Morgan fingerprint density at radius 1 is 1.11 bits per heavy atom. The molecule has 1 aromatic heterocycles. The van der Waals surface area contributed by atoms with Crippen molar-refractivity contribution in [2.24, 2.45) is 16.5 Å². The van der Waals surface area contributed by atoms with Crippen molar-refractivity contribution < 1.29 is 22.7 Å². The highest BCUT2D eigenvalue weighted by atomic mass is 32.2. The minimum Gasteiger partial charge on any atom is -0.452 e. The van der Waals surface area contributed by atoms with Gasteiger partial charge in [-0.1, -0.05) is 39.0 Å². The number of carbonyl (C=O) groups is 2. The highest BCUT2D eigenvalue weighted by Gasteiger charge is 2.33. The van der Waals surface area contributed by atoms with Crippen molar-refractivity contribution in [2.75, 3.05) is 11.9 Å². The number of amides is 1. The van der Waals surface area contributed by atoms with Gasteiger partial charge in [0.2, 0.25) is 10.0 Å². The van der Waals surface area contributed by atoms with E-state index in [2.05, 4.69) is 26.1 Å². The molecule has 0 fully saturated rings. The number of fused-ring (bicyclic) bond motifs is 2. The van der Waals surface area contributed by atoms with Crippen LogP contribution in [-0.4, -0.2) is 31.9 Å². The van der Waals surface area contributed by atoms with Gasteiger partial charge in [0.05, 0.1) is 16.0 Å². The number of anilines is 1. The largest absolute Gasteiger partial charge is 0.452 e. The van der Waals surface area contributed by atoms with Gasteiger partial charge in [-0.25, -0.2) is 18.4 Å². The summed E-state index contributed by atoms with van der Waals surface area (Å²) in [6, 6.07) is 12.9. The van der Waals surface area contributed by atoms with Gasteiger partial charge in [-0.15, -0.1) is 0 Å². The van der Waals surface area contributed by atoms with Crippen LogP contribution in [0.5, 0.6) is 0 Å². The SMILES string of the molecule is CC(C)(C)C1CCc2nc3ccccc3c(C(=O)OCC(=O)Nc3ccc(S(N)(=O)=O)cc3)c2C1. The molecule has 184 valence electrons. The molecule has 0 radical (unpaired) electrons. The van der Waals surface area contributed by atoms with E-state index < -0.39 is 28.5 Å². The predicted octanol–water partition coefficient (Wildman–Crippen LogP) is 3.83. The van der Waals surface area contributed by atoms with Crippen LogP contribution in [0.1, 0.15) is 48.8 Å². The Bertz CT molecular complexity index is 1390. The molecule has 3 N–H and O–H groups in total. The summed E-state index contributed by atoms with van der Waals surface area (Å²) >= 11 is 0. The topological polar surface area (TPSA) is 128 Å². The number of primary sulfonamides is 1. The summed E-state index contributed by atoms with van der Waals surface area (Å²) < 4.78 is 28.2. The molecule has 3 aromatic rings. The highest BCUT2D eigenvalue weighted by Crippen LogP contribution is 2.39. The minimum absolute atomic E-state index is 0.0650. The lowest BCUT2D eigenvalue weighted by Gasteiger charge is -2.35. The maximum Gasteiger partial charge on any atom is 0.339 e. The Hall–Kier alpha value is -3.30. The number of esters is 1. The molecule has 0 bridgehead atoms. The number of nitrogens with two attached hydrogens (primary N) is 1. The Balaban J connectivity index is 1.54. The number of benzene rings is 2. The van der Waals surface area contributed by atoms with Crippen molar-refractivity contribution in [1.82, 2.24) is 4.98 Å². The van der Waals surface area contributed by atoms with Gasteiger partial charge in [-0.2, -0.15) is 0 Å². The highest BCUT2D eigenvalue weighted by molar-refractivity contribution is 7.89. The Kier molecular flexibility index (Phi) is 6.66. The molecule has 0 saturated carbocycles. The van der Waals surface area contributed by atoms with E-state index in [0.29, 0.717) is 22.6 Å². The number of aryl methyl sites for hydroxylation is 1. The van der Waals surface area contributed by atoms with Crippen LogP contribution < -0.4 is 10.5 Å². The Morgan fingerprint density at radius 2 is 1.80 bits per heavy atom. The quantitative estimate of drug-likeness (QED) is 0.518. The molecule has 1 amide bonds. The van der Waals surface area contributed by atoms with E-state index in [4.69, 9.17) is 14.9 Å². The monoisotopic (exact) mass is 495 g/mol. The molecule has 2 aromatic carbocycles. The van der Waals surface area contributed by atoms with Crippen molar-refractivity contribution in [3.63, 3.8) is 0 Å². The molecule has 1 atom stereocenters. The summed E-state index contributed by atoms with van der Waals surface area (Å²) in [4.78, 5) is 30.5. The molecule has 8 nitrogen and oxygen atoms in total. The zero-order chi connectivity index (χ0) is 25.4. The standard InChI is InChI=1S/C26H29N3O5S/c1-26(2,3)16-8-13-22-20(14-16)24(19-6-4-5-7-21(19)29-22)25(31)34-15-23(30)28-17-9-11-18(12-10-17)35(27,32)33/h4-7,9-12,16H,8,13-15H2,1-3H3,(H,28,30)(H2,27,32,33). The van der Waals surface area contributed by atoms with Crippen molar-refractivity contribution in [2.45, 2.75) is 44.9 Å². The van der Waals surface area contributed by atoms with Gasteiger partial charge in [0.15, 0.2) is 6.61 Å².